The quantitative estimate of drug-likeness (QED) is 0.391. The van der Waals surface area contributed by atoms with E-state index in [9.17, 15) is 14.4 Å². The number of benzene rings is 4. The highest BCUT2D eigenvalue weighted by Crippen LogP contribution is 2.31. The molecule has 5 rings (SSSR count). The first-order valence-corrected chi connectivity index (χ1v) is 11.9. The van der Waals surface area contributed by atoms with Gasteiger partial charge in [0.05, 0.1) is 6.04 Å². The molecule has 2 unspecified atom stereocenters. The van der Waals surface area contributed by atoms with Crippen LogP contribution in [0.3, 0.4) is 0 Å². The van der Waals surface area contributed by atoms with Crippen molar-refractivity contribution in [1.82, 2.24) is 15.5 Å². The second-order valence-electron chi connectivity index (χ2n) is 9.33. The fourth-order valence-electron chi connectivity index (χ4n) is 4.65. The monoisotopic (exact) mass is 477 g/mol. The van der Waals surface area contributed by atoms with E-state index >= 15 is 0 Å². The van der Waals surface area contributed by atoms with Gasteiger partial charge in [0.2, 0.25) is 5.91 Å². The zero-order valence-corrected chi connectivity index (χ0v) is 20.2. The molecular weight excluding hydrogens is 450 g/mol. The van der Waals surface area contributed by atoms with Crippen LogP contribution in [-0.4, -0.2) is 29.3 Å². The molecule has 0 bridgehead atoms. The average molecular weight is 478 g/mol. The molecule has 180 valence electrons. The first-order valence-electron chi connectivity index (χ1n) is 11.9. The Bertz CT molecular complexity index is 1450. The fraction of sp³-hybridized carbons (Fsp3) is 0.167. The lowest BCUT2D eigenvalue weighted by Gasteiger charge is -2.23. The number of urea groups is 1. The molecule has 6 heteroatoms. The van der Waals surface area contributed by atoms with Crippen LogP contribution in [0.4, 0.5) is 4.79 Å². The summed E-state index contributed by atoms with van der Waals surface area (Å²) in [5.74, 6) is -0.875. The van der Waals surface area contributed by atoms with Gasteiger partial charge in [-0.25, -0.2) is 4.79 Å². The second kappa shape index (κ2) is 9.30. The van der Waals surface area contributed by atoms with Crippen LogP contribution in [0.5, 0.6) is 0 Å². The van der Waals surface area contributed by atoms with Crippen LogP contribution in [0.15, 0.2) is 97.1 Å². The van der Waals surface area contributed by atoms with Crippen molar-refractivity contribution in [3.05, 3.63) is 119 Å². The number of nitrogens with one attached hydrogen (secondary N) is 2. The molecule has 1 heterocycles. The van der Waals surface area contributed by atoms with E-state index in [2.05, 4.69) is 10.6 Å². The number of hydrogen-bond acceptors (Lipinski definition) is 3. The first-order chi connectivity index (χ1) is 17.3. The number of hydrogen-bond donors (Lipinski definition) is 2. The number of rotatable bonds is 6. The van der Waals surface area contributed by atoms with E-state index in [1.54, 1.807) is 6.92 Å². The molecular formula is C30H27N3O3. The number of carbonyl (C=O) groups is 3. The Kier molecular flexibility index (Phi) is 6.02. The Morgan fingerprint density at radius 2 is 1.50 bits per heavy atom. The molecule has 1 saturated heterocycles. The summed E-state index contributed by atoms with van der Waals surface area (Å²) < 4.78 is 0. The van der Waals surface area contributed by atoms with Gasteiger partial charge in [-0.2, -0.15) is 0 Å². The molecule has 0 aromatic heterocycles. The van der Waals surface area contributed by atoms with Crippen molar-refractivity contribution < 1.29 is 14.4 Å². The molecule has 6 nitrogen and oxygen atoms in total. The third kappa shape index (κ3) is 4.33. The number of aryl methyl sites for hydroxylation is 1. The van der Waals surface area contributed by atoms with Gasteiger partial charge in [0.1, 0.15) is 12.1 Å². The predicted molar refractivity (Wildman–Crippen MR) is 139 cm³/mol. The minimum atomic E-state index is -1.25. The van der Waals surface area contributed by atoms with Gasteiger partial charge in [-0.1, -0.05) is 96.6 Å². The molecule has 1 fully saturated rings. The summed E-state index contributed by atoms with van der Waals surface area (Å²) >= 11 is 0. The molecule has 4 aromatic rings. The van der Waals surface area contributed by atoms with E-state index in [4.69, 9.17) is 0 Å². The molecule has 2 atom stereocenters. The van der Waals surface area contributed by atoms with Crippen molar-refractivity contribution in [2.24, 2.45) is 0 Å². The largest absolute Gasteiger partial charge is 0.344 e. The number of amides is 4. The number of nitrogens with zero attached hydrogens (tertiary/aromatic N) is 1. The van der Waals surface area contributed by atoms with Crippen LogP contribution in [0.2, 0.25) is 0 Å². The number of carbonyl (C=O) groups excluding carboxylic acids is 3. The molecule has 36 heavy (non-hydrogen) atoms. The van der Waals surface area contributed by atoms with Gasteiger partial charge in [-0.3, -0.25) is 14.5 Å². The van der Waals surface area contributed by atoms with Crippen LogP contribution in [0, 0.1) is 6.92 Å². The van der Waals surface area contributed by atoms with Gasteiger partial charge in [0, 0.05) is 0 Å². The Labute approximate surface area is 209 Å². The third-order valence-corrected chi connectivity index (χ3v) is 6.75. The summed E-state index contributed by atoms with van der Waals surface area (Å²) in [7, 11) is 0. The summed E-state index contributed by atoms with van der Waals surface area (Å²) in [5.41, 5.74) is 2.36. The zero-order valence-electron chi connectivity index (χ0n) is 20.2. The van der Waals surface area contributed by atoms with Crippen molar-refractivity contribution in [3.8, 4) is 0 Å². The number of fused-ring (bicyclic) bond motifs is 1. The summed E-state index contributed by atoms with van der Waals surface area (Å²) in [6, 6.07) is 30.0. The minimum Gasteiger partial charge on any atom is -0.344 e. The topological polar surface area (TPSA) is 78.5 Å². The molecule has 2 N–H and O–H groups in total. The summed E-state index contributed by atoms with van der Waals surface area (Å²) in [6.07, 6.45) is 0. The smallest absolute Gasteiger partial charge is 0.325 e. The fourth-order valence-corrected chi connectivity index (χ4v) is 4.65. The Hall–Kier alpha value is -4.45. The van der Waals surface area contributed by atoms with Gasteiger partial charge >= 0.3 is 6.03 Å². The molecule has 0 spiro atoms. The molecule has 4 amide bonds. The van der Waals surface area contributed by atoms with Crippen LogP contribution < -0.4 is 10.6 Å². The van der Waals surface area contributed by atoms with Crippen molar-refractivity contribution in [2.45, 2.75) is 25.4 Å². The summed E-state index contributed by atoms with van der Waals surface area (Å²) in [4.78, 5) is 40.4. The van der Waals surface area contributed by atoms with Crippen molar-refractivity contribution >= 4 is 28.6 Å². The van der Waals surface area contributed by atoms with E-state index in [0.29, 0.717) is 5.56 Å². The van der Waals surface area contributed by atoms with Crippen LogP contribution in [0.1, 0.15) is 35.2 Å². The first kappa shape index (κ1) is 23.3. The minimum absolute atomic E-state index is 0.372. The maximum absolute atomic E-state index is 13.4. The van der Waals surface area contributed by atoms with Gasteiger partial charge in [0.15, 0.2) is 0 Å². The molecule has 0 radical (unpaired) electrons. The third-order valence-electron chi connectivity index (χ3n) is 6.75. The van der Waals surface area contributed by atoms with Crippen molar-refractivity contribution in [2.75, 3.05) is 6.54 Å². The second-order valence-corrected chi connectivity index (χ2v) is 9.33. The number of imide groups is 1. The lowest BCUT2D eigenvalue weighted by atomic mass is 9.90. The SMILES string of the molecule is Cc1ccc(C(NC(=O)CN2C(=O)NC(C)(c3ccc4ccccc4c3)C2=O)c2ccccc2)cc1. The van der Waals surface area contributed by atoms with Gasteiger partial charge < -0.3 is 10.6 Å². The average Bonchev–Trinajstić information content (AvgIpc) is 3.12. The Balaban J connectivity index is 1.37. The molecule has 1 aliphatic heterocycles. The van der Waals surface area contributed by atoms with E-state index in [1.165, 1.54) is 0 Å². The van der Waals surface area contributed by atoms with Gasteiger partial charge in [-0.15, -0.1) is 0 Å². The van der Waals surface area contributed by atoms with E-state index in [1.807, 2.05) is 104 Å². The predicted octanol–water partition coefficient (Wildman–Crippen LogP) is 4.82. The normalized spacial score (nSPS) is 18.2. The summed E-state index contributed by atoms with van der Waals surface area (Å²) in [5, 5.41) is 7.83. The highest BCUT2D eigenvalue weighted by molar-refractivity contribution is 6.09. The Morgan fingerprint density at radius 1 is 0.861 bits per heavy atom. The van der Waals surface area contributed by atoms with Crippen LogP contribution in [-0.2, 0) is 15.1 Å². The zero-order chi connectivity index (χ0) is 25.3. The van der Waals surface area contributed by atoms with E-state index in [0.717, 1.165) is 32.4 Å². The van der Waals surface area contributed by atoms with Crippen molar-refractivity contribution in [1.29, 1.82) is 0 Å². The molecule has 0 aliphatic carbocycles. The van der Waals surface area contributed by atoms with E-state index in [-0.39, 0.29) is 6.54 Å². The maximum atomic E-state index is 13.4. The molecule has 0 saturated carbocycles. The standard InChI is InChI=1S/C30H27N3O3/c1-20-12-14-23(15-13-20)27(22-9-4-3-5-10-22)31-26(34)19-33-28(35)30(2,32-29(33)36)25-17-16-21-8-6-7-11-24(21)18-25/h3-18,27H,19H2,1-2H3,(H,31,34)(H,32,36). The van der Waals surface area contributed by atoms with Crippen molar-refractivity contribution in [3.63, 3.8) is 0 Å². The van der Waals surface area contributed by atoms with Crippen LogP contribution >= 0.6 is 0 Å². The molecule has 1 aliphatic rings. The van der Waals surface area contributed by atoms with Crippen LogP contribution in [0.25, 0.3) is 10.8 Å². The van der Waals surface area contributed by atoms with Gasteiger partial charge in [-0.05, 0) is 47.4 Å². The lowest BCUT2D eigenvalue weighted by Crippen LogP contribution is -2.44. The molecule has 4 aromatic carbocycles. The maximum Gasteiger partial charge on any atom is 0.325 e. The highest BCUT2D eigenvalue weighted by Gasteiger charge is 2.49. The highest BCUT2D eigenvalue weighted by atomic mass is 16.2. The lowest BCUT2D eigenvalue weighted by molar-refractivity contribution is -0.135. The van der Waals surface area contributed by atoms with Gasteiger partial charge in [0.25, 0.3) is 5.91 Å². The van der Waals surface area contributed by atoms with E-state index < -0.39 is 29.4 Å². The Morgan fingerprint density at radius 3 is 2.22 bits per heavy atom. The summed E-state index contributed by atoms with van der Waals surface area (Å²) in [6.45, 7) is 3.31.